The lowest BCUT2D eigenvalue weighted by Crippen LogP contribution is -2.30. The Labute approximate surface area is 563 Å². The van der Waals surface area contributed by atoms with E-state index in [1.54, 1.807) is 0 Å². The van der Waals surface area contributed by atoms with E-state index in [2.05, 4.69) is 142 Å². The third-order valence-corrected chi connectivity index (χ3v) is 16.3. The molecule has 0 aromatic carbocycles. The molecule has 0 radical (unpaired) electrons. The molecule has 0 amide bonds. The minimum Gasteiger partial charge on any atom is -0.463 e. The van der Waals surface area contributed by atoms with E-state index in [4.69, 9.17) is 32.3 Å². The van der Waals surface area contributed by atoms with E-state index in [1.165, 1.54) is 70.6 Å². The third kappa shape index (κ3) is 68.9. The summed E-state index contributed by atoms with van der Waals surface area (Å²) in [5, 5.41) is 20.6. The minimum absolute atomic E-state index is 0.0913. The first-order valence-corrected chi connectivity index (χ1v) is 38.5. The molecule has 0 fully saturated rings. The molecule has 18 heteroatoms. The summed E-state index contributed by atoms with van der Waals surface area (Å²) in [6.45, 7) is 2.35. The molecular formula is C75H126O16P2. The van der Waals surface area contributed by atoms with Crippen molar-refractivity contribution in [3.05, 3.63) is 134 Å². The zero-order chi connectivity index (χ0) is 68.1. The first-order valence-electron chi connectivity index (χ1n) is 35.5. The summed E-state index contributed by atoms with van der Waals surface area (Å²) in [4.78, 5) is 58.3. The van der Waals surface area contributed by atoms with Gasteiger partial charge in [-0.2, -0.15) is 0 Å². The van der Waals surface area contributed by atoms with Gasteiger partial charge in [-0.15, -0.1) is 0 Å². The van der Waals surface area contributed by atoms with Crippen molar-refractivity contribution in [3.63, 3.8) is 0 Å². The summed E-state index contributed by atoms with van der Waals surface area (Å²) in [7, 11) is -9.79. The van der Waals surface area contributed by atoms with Gasteiger partial charge in [0.05, 0.1) is 26.4 Å². The zero-order valence-electron chi connectivity index (χ0n) is 57.6. The average Bonchev–Trinajstić information content (AvgIpc) is 2.42. The van der Waals surface area contributed by atoms with Gasteiger partial charge in [-0.3, -0.25) is 32.5 Å². The van der Waals surface area contributed by atoms with Crippen LogP contribution in [0.2, 0.25) is 0 Å². The Bertz CT molecular complexity index is 2230. The monoisotopic (exact) mass is 1340 g/mol. The summed E-state index contributed by atoms with van der Waals surface area (Å²) in [6, 6.07) is 0. The molecule has 0 saturated carbocycles. The van der Waals surface area contributed by atoms with Gasteiger partial charge >= 0.3 is 33.6 Å². The zero-order valence-corrected chi connectivity index (χ0v) is 59.4. The van der Waals surface area contributed by atoms with Gasteiger partial charge in [-0.1, -0.05) is 270 Å². The molecule has 5 atom stereocenters. The van der Waals surface area contributed by atoms with E-state index in [0.29, 0.717) is 25.7 Å². The summed E-state index contributed by atoms with van der Waals surface area (Å²) in [6.07, 6.45) is 79.6. The number of rotatable bonds is 66. The van der Waals surface area contributed by atoms with Gasteiger partial charge in [-0.25, -0.2) is 9.13 Å². The predicted octanol–water partition coefficient (Wildman–Crippen LogP) is 20.0. The number of esters is 3. The second kappa shape index (κ2) is 67.7. The number of hydrogen-bond acceptors (Lipinski definition) is 14. The molecule has 0 bridgehead atoms. The molecule has 0 rings (SSSR count). The SMILES string of the molecule is CC/C=C\C/C=C\C/C=C\C/C=C\C/C=C\C/C=C\CCCCCCCCCCCCC(=O)OCC(O)COP(=O)(O)OCC(O)COP(=O)(O)OCC(COC(=O)CCC/C=C\C/C=C\C/C=C\C/C=C\C/C=C\CC)OC(=O)CCCCCCCCCCCCC. The maximum absolute atomic E-state index is 12.9. The summed E-state index contributed by atoms with van der Waals surface area (Å²) < 4.78 is 60.8. The molecular weight excluding hydrogens is 1220 g/mol. The van der Waals surface area contributed by atoms with Gasteiger partial charge in [0.25, 0.3) is 0 Å². The molecule has 93 heavy (non-hydrogen) atoms. The highest BCUT2D eigenvalue weighted by atomic mass is 31.2. The fourth-order valence-corrected chi connectivity index (χ4v) is 10.6. The van der Waals surface area contributed by atoms with Crippen LogP contribution < -0.4 is 0 Å². The number of ether oxygens (including phenoxy) is 3. The van der Waals surface area contributed by atoms with Crippen molar-refractivity contribution >= 4 is 33.6 Å². The number of carbonyl (C=O) groups excluding carboxylic acids is 3. The Kier molecular flexibility index (Phi) is 64.5. The van der Waals surface area contributed by atoms with Crippen LogP contribution in [-0.4, -0.2) is 95.9 Å². The van der Waals surface area contributed by atoms with E-state index >= 15 is 0 Å². The lowest BCUT2D eigenvalue weighted by molar-refractivity contribution is -0.161. The fraction of sp³-hybridized carbons (Fsp3) is 0.667. The van der Waals surface area contributed by atoms with Gasteiger partial charge < -0.3 is 34.2 Å². The van der Waals surface area contributed by atoms with Crippen molar-refractivity contribution in [2.45, 2.75) is 283 Å². The second-order valence-corrected chi connectivity index (χ2v) is 26.2. The number of hydrogen-bond donors (Lipinski definition) is 4. The predicted molar refractivity (Wildman–Crippen MR) is 380 cm³/mol. The highest BCUT2D eigenvalue weighted by Crippen LogP contribution is 2.45. The van der Waals surface area contributed by atoms with Crippen LogP contribution in [-0.2, 0) is 55.8 Å². The molecule has 0 aromatic heterocycles. The number of aliphatic hydroxyl groups is 2. The quantitative estimate of drug-likeness (QED) is 0.0146. The van der Waals surface area contributed by atoms with Crippen LogP contribution in [0.1, 0.15) is 265 Å². The molecule has 5 unspecified atom stereocenters. The van der Waals surface area contributed by atoms with Crippen LogP contribution in [0.25, 0.3) is 0 Å². The topological polar surface area (TPSA) is 231 Å². The Morgan fingerprint density at radius 2 is 0.581 bits per heavy atom. The number of phosphoric ester groups is 2. The molecule has 0 aliphatic heterocycles. The molecule has 4 N–H and O–H groups in total. The fourth-order valence-electron chi connectivity index (χ4n) is 9.02. The van der Waals surface area contributed by atoms with Crippen molar-refractivity contribution in [3.8, 4) is 0 Å². The Balaban J connectivity index is 4.49. The highest BCUT2D eigenvalue weighted by Gasteiger charge is 2.29. The van der Waals surface area contributed by atoms with Crippen molar-refractivity contribution in [2.24, 2.45) is 0 Å². The summed E-state index contributed by atoms with van der Waals surface area (Å²) in [5.74, 6) is -1.65. The molecule has 0 saturated heterocycles. The van der Waals surface area contributed by atoms with Gasteiger partial charge in [0, 0.05) is 19.3 Å². The third-order valence-electron chi connectivity index (χ3n) is 14.4. The van der Waals surface area contributed by atoms with Crippen molar-refractivity contribution in [1.29, 1.82) is 0 Å². The number of aliphatic hydroxyl groups excluding tert-OH is 2. The Morgan fingerprint density at radius 3 is 0.946 bits per heavy atom. The van der Waals surface area contributed by atoms with Crippen LogP contribution in [0.15, 0.2) is 134 Å². The van der Waals surface area contributed by atoms with Crippen LogP contribution in [0.5, 0.6) is 0 Å². The van der Waals surface area contributed by atoms with E-state index in [1.807, 2.05) is 12.2 Å². The molecule has 0 aliphatic carbocycles. The van der Waals surface area contributed by atoms with Gasteiger partial charge in [-0.05, 0) is 109 Å². The molecule has 0 aromatic rings. The molecule has 0 spiro atoms. The molecule has 532 valence electrons. The highest BCUT2D eigenvalue weighted by molar-refractivity contribution is 7.47. The Morgan fingerprint density at radius 1 is 0.312 bits per heavy atom. The Hall–Kier alpha value is -4.31. The standard InChI is InChI=1S/C75H126O16P2/c1-4-7-10-13-16-19-22-24-26-28-29-30-31-32-33-34-35-36-37-38-39-41-43-44-47-49-52-55-58-61-73(78)85-64-70(76)65-87-92(81,82)88-66-71(77)67-89-93(83,84)90-69-72(91-75(80)63-60-57-54-51-46-21-18-15-12-9-6-3)68-86-74(79)62-59-56-53-50-48-45-42-40-27-25-23-20-17-14-11-8-5-2/h7-8,10-11,16-17,19-20,24-27,29-30,32-33,35-36,42,45,50,53,70-72,76-77H,4-6,9,12-15,18,21-23,28,31,34,37-41,43-44,46-49,51-52,54-69H2,1-3H3,(H,81,82)(H,83,84)/b10-7-,11-8-,19-16-,20-17-,26-24-,27-25-,30-29-,33-32-,36-35-,45-42-,53-50-. The summed E-state index contributed by atoms with van der Waals surface area (Å²) in [5.41, 5.74) is 0. The maximum atomic E-state index is 12.9. The van der Waals surface area contributed by atoms with Gasteiger partial charge in [0.2, 0.25) is 0 Å². The van der Waals surface area contributed by atoms with Crippen LogP contribution in [0.4, 0.5) is 0 Å². The van der Waals surface area contributed by atoms with E-state index in [-0.39, 0.29) is 19.3 Å². The molecule has 16 nitrogen and oxygen atoms in total. The lowest BCUT2D eigenvalue weighted by atomic mass is 10.1. The minimum atomic E-state index is -4.93. The largest absolute Gasteiger partial charge is 0.472 e. The number of allylic oxidation sites excluding steroid dienone is 22. The average molecular weight is 1350 g/mol. The van der Waals surface area contributed by atoms with Crippen molar-refractivity contribution < 1.29 is 75.8 Å². The lowest BCUT2D eigenvalue weighted by Gasteiger charge is -2.21. The maximum Gasteiger partial charge on any atom is 0.472 e. The first kappa shape index (κ1) is 88.7. The number of carbonyl (C=O) groups is 3. The number of unbranched alkanes of at least 4 members (excludes halogenated alkanes) is 21. The number of phosphoric acid groups is 2. The van der Waals surface area contributed by atoms with E-state index in [9.17, 15) is 43.5 Å². The molecule has 0 heterocycles. The normalized spacial score (nSPS) is 15.0. The second-order valence-electron chi connectivity index (χ2n) is 23.3. The smallest absolute Gasteiger partial charge is 0.463 e. The van der Waals surface area contributed by atoms with Crippen LogP contribution in [0.3, 0.4) is 0 Å². The van der Waals surface area contributed by atoms with Crippen molar-refractivity contribution in [1.82, 2.24) is 0 Å². The van der Waals surface area contributed by atoms with Crippen LogP contribution in [0, 0.1) is 0 Å². The molecule has 0 aliphatic rings. The first-order chi connectivity index (χ1) is 45.2. The van der Waals surface area contributed by atoms with Gasteiger partial charge in [0.1, 0.15) is 25.4 Å². The summed E-state index contributed by atoms with van der Waals surface area (Å²) >= 11 is 0. The van der Waals surface area contributed by atoms with E-state index < -0.39 is 91.5 Å². The van der Waals surface area contributed by atoms with Crippen LogP contribution >= 0.6 is 15.6 Å². The van der Waals surface area contributed by atoms with Crippen molar-refractivity contribution in [2.75, 3.05) is 39.6 Å². The van der Waals surface area contributed by atoms with E-state index in [0.717, 1.165) is 128 Å². The van der Waals surface area contributed by atoms with Gasteiger partial charge in [0.15, 0.2) is 6.10 Å².